The molecule has 1 N–H and O–H groups in total. The number of aromatic nitrogens is 3. The van der Waals surface area contributed by atoms with Crippen LogP contribution in [0.4, 0.5) is 0 Å². The van der Waals surface area contributed by atoms with Crippen LogP contribution in [0, 0.1) is 0 Å². The van der Waals surface area contributed by atoms with Crippen LogP contribution in [0.25, 0.3) is 11.3 Å². The van der Waals surface area contributed by atoms with E-state index in [4.69, 9.17) is 4.74 Å². The molecule has 0 radical (unpaired) electrons. The van der Waals surface area contributed by atoms with Gasteiger partial charge in [0, 0.05) is 42.5 Å². The van der Waals surface area contributed by atoms with Crippen LogP contribution in [0.2, 0.25) is 0 Å². The largest absolute Gasteiger partial charge is 0.493 e. The van der Waals surface area contributed by atoms with Crippen molar-refractivity contribution in [2.75, 3.05) is 13.2 Å². The zero-order valence-corrected chi connectivity index (χ0v) is 17.6. The minimum Gasteiger partial charge on any atom is -0.493 e. The van der Waals surface area contributed by atoms with E-state index < -0.39 is 0 Å². The Morgan fingerprint density at radius 3 is 2.61 bits per heavy atom. The van der Waals surface area contributed by atoms with E-state index in [9.17, 15) is 4.79 Å². The maximum Gasteiger partial charge on any atom is 0.267 e. The second kappa shape index (κ2) is 9.02. The Balaban J connectivity index is 1.20. The van der Waals surface area contributed by atoms with Crippen molar-refractivity contribution in [1.82, 2.24) is 20.1 Å². The molecule has 3 heterocycles. The first-order chi connectivity index (χ1) is 15.3. The van der Waals surface area contributed by atoms with Gasteiger partial charge in [-0.25, -0.2) is 4.68 Å². The van der Waals surface area contributed by atoms with Gasteiger partial charge in [0.25, 0.3) is 5.56 Å². The van der Waals surface area contributed by atoms with E-state index >= 15 is 0 Å². The van der Waals surface area contributed by atoms with Crippen molar-refractivity contribution in [3.63, 3.8) is 0 Å². The summed E-state index contributed by atoms with van der Waals surface area (Å²) < 4.78 is 7.49. The molecule has 2 aromatic heterocycles. The molecule has 6 heteroatoms. The smallest absolute Gasteiger partial charge is 0.267 e. The Kier molecular flexibility index (Phi) is 5.80. The van der Waals surface area contributed by atoms with Crippen LogP contribution in [0.15, 0.2) is 65.7 Å². The van der Waals surface area contributed by atoms with Crippen LogP contribution in [0.3, 0.4) is 0 Å². The van der Waals surface area contributed by atoms with E-state index in [2.05, 4.69) is 33.6 Å². The third-order valence-corrected chi connectivity index (χ3v) is 6.58. The standard InChI is InChI=1S/C25H28N4O2/c30-25-10-9-23(18-11-14-26-15-12-18)28-29(25)21-7-5-20(6-8-21)27-17-19-13-16-31-24-4-2-1-3-22(19)24/h1-4,9-12,14-15,19-21,27H,5-8,13,16-17H2. The quantitative estimate of drug-likeness (QED) is 0.682. The summed E-state index contributed by atoms with van der Waals surface area (Å²) in [7, 11) is 0. The van der Waals surface area contributed by atoms with Crippen LogP contribution in [-0.4, -0.2) is 34.0 Å². The highest BCUT2D eigenvalue weighted by atomic mass is 16.5. The van der Waals surface area contributed by atoms with E-state index in [-0.39, 0.29) is 11.6 Å². The maximum absolute atomic E-state index is 12.5. The molecule has 2 aliphatic rings. The molecule has 0 amide bonds. The highest BCUT2D eigenvalue weighted by molar-refractivity contribution is 5.57. The summed E-state index contributed by atoms with van der Waals surface area (Å²) in [5.74, 6) is 1.53. The molecule has 160 valence electrons. The number of ether oxygens (including phenoxy) is 1. The third kappa shape index (κ3) is 4.39. The number of fused-ring (bicyclic) bond motifs is 1. The van der Waals surface area contributed by atoms with E-state index in [0.29, 0.717) is 12.0 Å². The summed E-state index contributed by atoms with van der Waals surface area (Å²) in [5.41, 5.74) is 3.10. The zero-order valence-electron chi connectivity index (χ0n) is 17.6. The summed E-state index contributed by atoms with van der Waals surface area (Å²) in [4.78, 5) is 16.6. The van der Waals surface area contributed by atoms with Crippen LogP contribution < -0.4 is 15.6 Å². The lowest BCUT2D eigenvalue weighted by Crippen LogP contribution is -2.39. The summed E-state index contributed by atoms with van der Waals surface area (Å²) in [6.07, 6.45) is 8.61. The number of pyridine rings is 1. The molecular weight excluding hydrogens is 388 g/mol. The first kappa shape index (κ1) is 19.9. The Bertz CT molecular complexity index is 1070. The second-order valence-corrected chi connectivity index (χ2v) is 8.52. The highest BCUT2D eigenvalue weighted by Crippen LogP contribution is 2.34. The van der Waals surface area contributed by atoms with Crippen molar-refractivity contribution in [3.8, 4) is 17.0 Å². The van der Waals surface area contributed by atoms with Crippen molar-refractivity contribution >= 4 is 0 Å². The van der Waals surface area contributed by atoms with Gasteiger partial charge in [-0.05, 0) is 61.9 Å². The van der Waals surface area contributed by atoms with Gasteiger partial charge < -0.3 is 10.1 Å². The maximum atomic E-state index is 12.5. The van der Waals surface area contributed by atoms with Gasteiger partial charge >= 0.3 is 0 Å². The minimum atomic E-state index is -0.0203. The number of benzene rings is 1. The van der Waals surface area contributed by atoms with Gasteiger partial charge in [0.2, 0.25) is 0 Å². The van der Waals surface area contributed by atoms with Crippen LogP contribution in [0.1, 0.15) is 49.6 Å². The molecule has 1 saturated carbocycles. The number of hydrogen-bond donors (Lipinski definition) is 1. The molecule has 0 bridgehead atoms. The molecule has 1 unspecified atom stereocenters. The average Bonchev–Trinajstić information content (AvgIpc) is 2.84. The van der Waals surface area contributed by atoms with Gasteiger partial charge in [0.05, 0.1) is 18.3 Å². The topological polar surface area (TPSA) is 69.0 Å². The van der Waals surface area contributed by atoms with Crippen LogP contribution >= 0.6 is 0 Å². The first-order valence-corrected chi connectivity index (χ1v) is 11.2. The van der Waals surface area contributed by atoms with Crippen molar-refractivity contribution < 1.29 is 4.74 Å². The summed E-state index contributed by atoms with van der Waals surface area (Å²) >= 11 is 0. The number of rotatable bonds is 5. The van der Waals surface area contributed by atoms with E-state index in [1.165, 1.54) is 5.56 Å². The number of nitrogens with zero attached hydrogens (tertiary/aromatic N) is 3. The normalized spacial score (nSPS) is 23.0. The monoisotopic (exact) mass is 416 g/mol. The van der Waals surface area contributed by atoms with E-state index in [1.807, 2.05) is 18.2 Å². The molecule has 0 spiro atoms. The predicted molar refractivity (Wildman–Crippen MR) is 120 cm³/mol. The van der Waals surface area contributed by atoms with Gasteiger partial charge in [-0.3, -0.25) is 9.78 Å². The molecule has 1 fully saturated rings. The lowest BCUT2D eigenvalue weighted by molar-refractivity contribution is 0.244. The molecule has 31 heavy (non-hydrogen) atoms. The highest BCUT2D eigenvalue weighted by Gasteiger charge is 2.26. The molecule has 6 nitrogen and oxygen atoms in total. The van der Waals surface area contributed by atoms with Gasteiger partial charge in [-0.15, -0.1) is 0 Å². The fraction of sp³-hybridized carbons (Fsp3) is 0.400. The summed E-state index contributed by atoms with van der Waals surface area (Å²) in [6, 6.07) is 16.3. The lowest BCUT2D eigenvalue weighted by atomic mass is 9.89. The predicted octanol–water partition coefficient (Wildman–Crippen LogP) is 3.94. The number of hydrogen-bond acceptors (Lipinski definition) is 5. The van der Waals surface area contributed by atoms with E-state index in [0.717, 1.165) is 62.3 Å². The summed E-state index contributed by atoms with van der Waals surface area (Å²) in [6.45, 7) is 1.77. The zero-order chi connectivity index (χ0) is 21.0. The third-order valence-electron chi connectivity index (χ3n) is 6.58. The van der Waals surface area contributed by atoms with Crippen molar-refractivity contribution in [2.45, 2.75) is 50.1 Å². The Labute approximate surface area is 182 Å². The number of para-hydroxylation sites is 1. The van der Waals surface area contributed by atoms with Gasteiger partial charge in [-0.2, -0.15) is 5.10 Å². The molecular formula is C25H28N4O2. The van der Waals surface area contributed by atoms with Crippen LogP contribution in [0.5, 0.6) is 5.75 Å². The van der Waals surface area contributed by atoms with Crippen LogP contribution in [-0.2, 0) is 0 Å². The lowest BCUT2D eigenvalue weighted by Gasteiger charge is -2.32. The first-order valence-electron chi connectivity index (χ1n) is 11.2. The fourth-order valence-electron chi connectivity index (χ4n) is 4.82. The molecule has 5 rings (SSSR count). The summed E-state index contributed by atoms with van der Waals surface area (Å²) in [5, 5.41) is 8.46. The molecule has 3 aromatic rings. The van der Waals surface area contributed by atoms with Gasteiger partial charge in [0.1, 0.15) is 5.75 Å². The van der Waals surface area contributed by atoms with Crippen molar-refractivity contribution in [2.24, 2.45) is 0 Å². The molecule has 1 aliphatic heterocycles. The molecule has 1 atom stereocenters. The SMILES string of the molecule is O=c1ccc(-c2ccncc2)nn1C1CCC(NCC2CCOc3ccccc32)CC1. The fourth-order valence-corrected chi connectivity index (χ4v) is 4.82. The average molecular weight is 417 g/mol. The Hall–Kier alpha value is -2.99. The van der Waals surface area contributed by atoms with Crippen molar-refractivity contribution in [1.29, 1.82) is 0 Å². The molecule has 1 aliphatic carbocycles. The Morgan fingerprint density at radius 1 is 0.968 bits per heavy atom. The number of nitrogens with one attached hydrogen (secondary N) is 1. The molecule has 1 aromatic carbocycles. The second-order valence-electron chi connectivity index (χ2n) is 8.52. The van der Waals surface area contributed by atoms with Crippen molar-refractivity contribution in [3.05, 3.63) is 76.8 Å². The van der Waals surface area contributed by atoms with Gasteiger partial charge in [-0.1, -0.05) is 18.2 Å². The molecule has 0 saturated heterocycles. The minimum absolute atomic E-state index is 0.0203. The van der Waals surface area contributed by atoms with Gasteiger partial charge in [0.15, 0.2) is 0 Å². The Morgan fingerprint density at radius 2 is 1.77 bits per heavy atom. The van der Waals surface area contributed by atoms with E-state index in [1.54, 1.807) is 29.2 Å².